The predicted octanol–water partition coefficient (Wildman–Crippen LogP) is 2.74. The molecule has 4 rings (SSSR count). The van der Waals surface area contributed by atoms with Crippen LogP contribution >= 0.6 is 0 Å². The Kier molecular flexibility index (Phi) is 2.12. The van der Waals surface area contributed by atoms with E-state index in [0.717, 1.165) is 17.6 Å². The molecule has 4 nitrogen and oxygen atoms in total. The van der Waals surface area contributed by atoms with Crippen LogP contribution < -0.4 is 5.73 Å². The van der Waals surface area contributed by atoms with Gasteiger partial charge >= 0.3 is 0 Å². The van der Waals surface area contributed by atoms with Gasteiger partial charge in [0.1, 0.15) is 5.52 Å². The van der Waals surface area contributed by atoms with Crippen molar-refractivity contribution in [2.45, 2.75) is 18.4 Å². The zero-order valence-corrected chi connectivity index (χ0v) is 10.4. The van der Waals surface area contributed by atoms with E-state index in [1.54, 1.807) is 6.20 Å². The second-order valence-corrected chi connectivity index (χ2v) is 5.01. The standard InChI is InChI=1S/C15H14N4/c16-15-18-12-7-4-8-17-14(12)19(15)13-9-11(13)10-5-2-1-3-6-10/h1-8,11,13H,9H2,(H2,16,18). The van der Waals surface area contributed by atoms with Crippen molar-refractivity contribution in [1.29, 1.82) is 0 Å². The highest BCUT2D eigenvalue weighted by Crippen LogP contribution is 2.52. The Balaban J connectivity index is 1.76. The Morgan fingerprint density at radius 2 is 1.95 bits per heavy atom. The average Bonchev–Trinajstić information content (AvgIpc) is 3.15. The van der Waals surface area contributed by atoms with Crippen molar-refractivity contribution in [3.8, 4) is 0 Å². The first-order valence-corrected chi connectivity index (χ1v) is 6.48. The van der Waals surface area contributed by atoms with Crippen LogP contribution in [0.4, 0.5) is 5.95 Å². The number of hydrogen-bond acceptors (Lipinski definition) is 3. The van der Waals surface area contributed by atoms with E-state index in [1.807, 2.05) is 18.2 Å². The molecule has 1 aromatic carbocycles. The van der Waals surface area contributed by atoms with Gasteiger partial charge in [-0.05, 0) is 24.1 Å². The molecule has 0 amide bonds. The summed E-state index contributed by atoms with van der Waals surface area (Å²) in [5, 5.41) is 0. The van der Waals surface area contributed by atoms with E-state index in [-0.39, 0.29) is 0 Å². The Bertz CT molecular complexity index is 732. The lowest BCUT2D eigenvalue weighted by atomic mass is 10.1. The van der Waals surface area contributed by atoms with Gasteiger partial charge in [0.05, 0.1) is 0 Å². The summed E-state index contributed by atoms with van der Waals surface area (Å²) in [4.78, 5) is 8.79. The van der Waals surface area contributed by atoms with Gasteiger partial charge in [0.15, 0.2) is 5.65 Å². The first kappa shape index (κ1) is 10.6. The van der Waals surface area contributed by atoms with Gasteiger partial charge in [-0.15, -0.1) is 0 Å². The fourth-order valence-electron chi connectivity index (χ4n) is 2.80. The number of nitrogens with zero attached hydrogens (tertiary/aromatic N) is 3. The molecule has 3 aromatic rings. The van der Waals surface area contributed by atoms with Gasteiger partial charge in [-0.3, -0.25) is 4.57 Å². The molecule has 0 saturated heterocycles. The van der Waals surface area contributed by atoms with E-state index in [4.69, 9.17) is 5.73 Å². The van der Waals surface area contributed by atoms with Gasteiger partial charge in [0.25, 0.3) is 0 Å². The van der Waals surface area contributed by atoms with Crippen LogP contribution in [0, 0.1) is 0 Å². The molecule has 2 heterocycles. The summed E-state index contributed by atoms with van der Waals surface area (Å²) in [5.74, 6) is 1.10. The molecule has 0 bridgehead atoms. The van der Waals surface area contributed by atoms with Crippen molar-refractivity contribution in [3.63, 3.8) is 0 Å². The average molecular weight is 250 g/mol. The molecule has 2 atom stereocenters. The van der Waals surface area contributed by atoms with Crippen LogP contribution in [0.2, 0.25) is 0 Å². The van der Waals surface area contributed by atoms with Gasteiger partial charge in [-0.1, -0.05) is 30.3 Å². The summed E-state index contributed by atoms with van der Waals surface area (Å²) >= 11 is 0. The number of nitrogens with two attached hydrogens (primary N) is 1. The van der Waals surface area contributed by atoms with Crippen molar-refractivity contribution in [3.05, 3.63) is 54.2 Å². The maximum absolute atomic E-state index is 6.05. The summed E-state index contributed by atoms with van der Waals surface area (Å²) < 4.78 is 2.08. The predicted molar refractivity (Wildman–Crippen MR) is 74.8 cm³/mol. The van der Waals surface area contributed by atoms with Crippen molar-refractivity contribution in [1.82, 2.24) is 14.5 Å². The van der Waals surface area contributed by atoms with Gasteiger partial charge in [0.2, 0.25) is 5.95 Å². The summed E-state index contributed by atoms with van der Waals surface area (Å²) in [6, 6.07) is 14.8. The van der Waals surface area contributed by atoms with Crippen LogP contribution in [0.1, 0.15) is 23.9 Å². The van der Waals surface area contributed by atoms with Crippen molar-refractivity contribution in [2.24, 2.45) is 0 Å². The Morgan fingerprint density at radius 1 is 1.11 bits per heavy atom. The second-order valence-electron chi connectivity index (χ2n) is 5.01. The van der Waals surface area contributed by atoms with Crippen LogP contribution in [0.15, 0.2) is 48.7 Å². The van der Waals surface area contributed by atoms with E-state index >= 15 is 0 Å². The van der Waals surface area contributed by atoms with E-state index in [1.165, 1.54) is 5.56 Å². The molecule has 4 heteroatoms. The van der Waals surface area contributed by atoms with Crippen LogP contribution in [0.5, 0.6) is 0 Å². The minimum atomic E-state index is 0.391. The largest absolute Gasteiger partial charge is 0.369 e. The lowest BCUT2D eigenvalue weighted by molar-refractivity contribution is 0.743. The number of benzene rings is 1. The maximum Gasteiger partial charge on any atom is 0.202 e. The van der Waals surface area contributed by atoms with Crippen LogP contribution in [0.25, 0.3) is 11.2 Å². The molecule has 1 aliphatic carbocycles. The molecule has 0 radical (unpaired) electrons. The molecule has 19 heavy (non-hydrogen) atoms. The number of fused-ring (bicyclic) bond motifs is 1. The molecule has 94 valence electrons. The molecule has 2 N–H and O–H groups in total. The molecular weight excluding hydrogens is 236 g/mol. The molecule has 2 unspecified atom stereocenters. The number of hydrogen-bond donors (Lipinski definition) is 1. The number of pyridine rings is 1. The van der Waals surface area contributed by atoms with Crippen LogP contribution in [0.3, 0.4) is 0 Å². The summed E-state index contributed by atoms with van der Waals surface area (Å²) in [7, 11) is 0. The number of rotatable bonds is 2. The quantitative estimate of drug-likeness (QED) is 0.760. The van der Waals surface area contributed by atoms with Crippen LogP contribution in [-0.4, -0.2) is 14.5 Å². The lowest BCUT2D eigenvalue weighted by Crippen LogP contribution is -2.03. The number of nitrogen functional groups attached to an aromatic ring is 1. The van der Waals surface area contributed by atoms with Crippen molar-refractivity contribution in [2.75, 3.05) is 5.73 Å². The zero-order valence-electron chi connectivity index (χ0n) is 10.4. The SMILES string of the molecule is Nc1nc2cccnc2n1C1CC1c1ccccc1. The highest BCUT2D eigenvalue weighted by Gasteiger charge is 2.41. The molecule has 1 aliphatic rings. The smallest absolute Gasteiger partial charge is 0.202 e. The second kappa shape index (κ2) is 3.82. The van der Waals surface area contributed by atoms with Crippen LogP contribution in [-0.2, 0) is 0 Å². The monoisotopic (exact) mass is 250 g/mol. The zero-order chi connectivity index (χ0) is 12.8. The number of aromatic nitrogens is 3. The third-order valence-corrected chi connectivity index (χ3v) is 3.79. The third kappa shape index (κ3) is 1.60. The fraction of sp³-hybridized carbons (Fsp3) is 0.200. The summed E-state index contributed by atoms with van der Waals surface area (Å²) in [6.45, 7) is 0. The third-order valence-electron chi connectivity index (χ3n) is 3.79. The number of imidazole rings is 1. The van der Waals surface area contributed by atoms with Gasteiger partial charge in [0, 0.05) is 18.2 Å². The van der Waals surface area contributed by atoms with E-state index in [2.05, 4.69) is 38.8 Å². The lowest BCUT2D eigenvalue weighted by Gasteiger charge is -2.05. The molecule has 1 fully saturated rings. The molecular formula is C15H14N4. The molecule has 1 saturated carbocycles. The highest BCUT2D eigenvalue weighted by atomic mass is 15.2. The first-order chi connectivity index (χ1) is 9.34. The Labute approximate surface area is 110 Å². The minimum Gasteiger partial charge on any atom is -0.369 e. The highest BCUT2D eigenvalue weighted by molar-refractivity contribution is 5.74. The summed E-state index contributed by atoms with van der Waals surface area (Å²) in [6.07, 6.45) is 2.90. The van der Waals surface area contributed by atoms with E-state index in [0.29, 0.717) is 17.9 Å². The fourth-order valence-corrected chi connectivity index (χ4v) is 2.80. The molecule has 2 aromatic heterocycles. The summed E-state index contributed by atoms with van der Waals surface area (Å²) in [5.41, 5.74) is 9.18. The Hall–Kier alpha value is -2.36. The van der Waals surface area contributed by atoms with Gasteiger partial charge in [-0.25, -0.2) is 9.97 Å². The minimum absolute atomic E-state index is 0.391. The van der Waals surface area contributed by atoms with E-state index < -0.39 is 0 Å². The van der Waals surface area contributed by atoms with Gasteiger partial charge < -0.3 is 5.73 Å². The van der Waals surface area contributed by atoms with Gasteiger partial charge in [-0.2, -0.15) is 0 Å². The normalized spacial score (nSPS) is 21.7. The van der Waals surface area contributed by atoms with Crippen molar-refractivity contribution < 1.29 is 0 Å². The van der Waals surface area contributed by atoms with E-state index in [9.17, 15) is 0 Å². The van der Waals surface area contributed by atoms with Crippen molar-refractivity contribution >= 4 is 17.1 Å². The molecule has 0 spiro atoms. The maximum atomic E-state index is 6.05. The first-order valence-electron chi connectivity index (χ1n) is 6.48. The Morgan fingerprint density at radius 3 is 2.79 bits per heavy atom. The molecule has 0 aliphatic heterocycles. The topological polar surface area (TPSA) is 56.7 Å². The number of anilines is 1.